The van der Waals surface area contributed by atoms with Crippen LogP contribution in [0, 0.1) is 0 Å². The summed E-state index contributed by atoms with van der Waals surface area (Å²) in [5.41, 5.74) is 1.95. The quantitative estimate of drug-likeness (QED) is 0.0347. The van der Waals surface area contributed by atoms with Crippen LogP contribution in [0.3, 0.4) is 0 Å². The van der Waals surface area contributed by atoms with Crippen LogP contribution < -0.4 is 0 Å². The predicted octanol–water partition coefficient (Wildman–Crippen LogP) is -5.23. The molecule has 0 aromatic carbocycles. The van der Waals surface area contributed by atoms with Gasteiger partial charge in [0, 0.05) is 11.1 Å². The molecule has 0 spiro atoms. The van der Waals surface area contributed by atoms with Crippen LogP contribution in [-0.2, 0) is 47.5 Å². The van der Waals surface area contributed by atoms with Crippen LogP contribution in [0.5, 0.6) is 0 Å². The standard InChI is InChI=1S/C44H64O24/c1-19(11-7-13-21(3)39(57)61-15-25-29(47)33(51)37(55)43(67-25)63-17-23-27(45)31(49)35(53)41(59)65-23)9-5-6-10-20(2)12-8-14-22(4)40(58)62-16-26-30(48)34(52)38(56)44(68-26)64-18-24-28(46)32(50)36(54)42(60)66-24/h5-14,23-38,41-56,59-60H,15-18H2,1-4H3/b6-5+,11-7+,12-8+,19-9+,20-10+,21-13+,22-14+/t23-,24-,25-,26-,27-,28-,29-,30-,31+,32+,33+,34+,35-,36-,37-,38-,41?,42?,43-,44-/m1/s1. The second-order valence-electron chi connectivity index (χ2n) is 16.6. The summed E-state index contributed by atoms with van der Waals surface area (Å²) in [4.78, 5) is 25.3. The van der Waals surface area contributed by atoms with E-state index in [0.717, 1.165) is 11.1 Å². The first kappa shape index (κ1) is 56.9. The van der Waals surface area contributed by atoms with Gasteiger partial charge in [0.1, 0.15) is 111 Å². The molecule has 14 N–H and O–H groups in total. The van der Waals surface area contributed by atoms with Crippen molar-refractivity contribution in [2.24, 2.45) is 0 Å². The molecule has 68 heavy (non-hydrogen) atoms. The third kappa shape index (κ3) is 15.4. The Labute approximate surface area is 390 Å². The molecule has 4 aliphatic rings. The summed E-state index contributed by atoms with van der Waals surface area (Å²) in [5, 5.41) is 141. The fraction of sp³-hybridized carbons (Fsp3) is 0.636. The van der Waals surface area contributed by atoms with Gasteiger partial charge in [0.05, 0.1) is 13.2 Å². The van der Waals surface area contributed by atoms with E-state index in [2.05, 4.69) is 0 Å². The lowest BCUT2D eigenvalue weighted by atomic mass is 9.98. The molecule has 0 aromatic heterocycles. The zero-order valence-electron chi connectivity index (χ0n) is 37.5. The second-order valence-corrected chi connectivity index (χ2v) is 16.6. The summed E-state index contributed by atoms with van der Waals surface area (Å²) in [6.45, 7) is 4.32. The van der Waals surface area contributed by atoms with E-state index in [0.29, 0.717) is 0 Å². The first-order valence-electron chi connectivity index (χ1n) is 21.5. The van der Waals surface area contributed by atoms with E-state index in [1.54, 1.807) is 48.6 Å². The Morgan fingerprint density at radius 3 is 1.03 bits per heavy atom. The molecule has 24 heteroatoms. The van der Waals surface area contributed by atoms with Gasteiger partial charge >= 0.3 is 11.9 Å². The van der Waals surface area contributed by atoms with Gasteiger partial charge in [-0.25, -0.2) is 9.59 Å². The van der Waals surface area contributed by atoms with Gasteiger partial charge in [-0.1, -0.05) is 71.9 Å². The predicted molar refractivity (Wildman–Crippen MR) is 227 cm³/mol. The summed E-state index contributed by atoms with van der Waals surface area (Å²) in [6.07, 6.45) is -16.6. The van der Waals surface area contributed by atoms with E-state index < -0.39 is 161 Å². The summed E-state index contributed by atoms with van der Waals surface area (Å²) in [7, 11) is 0. The molecule has 0 aromatic rings. The average molecular weight is 977 g/mol. The number of rotatable bonds is 18. The highest BCUT2D eigenvalue weighted by Gasteiger charge is 2.49. The monoisotopic (exact) mass is 976 g/mol. The first-order chi connectivity index (χ1) is 32.0. The van der Waals surface area contributed by atoms with Gasteiger partial charge in [0.15, 0.2) is 25.2 Å². The van der Waals surface area contributed by atoms with E-state index in [4.69, 9.17) is 37.9 Å². The molecule has 4 aliphatic heterocycles. The number of carbonyl (C=O) groups excluding carboxylic acids is 2. The third-order valence-corrected chi connectivity index (χ3v) is 11.2. The Bertz CT molecular complexity index is 1730. The van der Waals surface area contributed by atoms with Crippen LogP contribution in [0.2, 0.25) is 0 Å². The number of aliphatic hydroxyl groups excluding tert-OH is 14. The van der Waals surface area contributed by atoms with E-state index in [1.165, 1.54) is 26.0 Å². The fourth-order valence-electron chi connectivity index (χ4n) is 6.79. The van der Waals surface area contributed by atoms with E-state index in [1.807, 2.05) is 13.8 Å². The highest BCUT2D eigenvalue weighted by atomic mass is 16.7. The Morgan fingerprint density at radius 1 is 0.382 bits per heavy atom. The average Bonchev–Trinajstić information content (AvgIpc) is 3.31. The molecule has 0 saturated carbocycles. The molecular weight excluding hydrogens is 912 g/mol. The fourth-order valence-corrected chi connectivity index (χ4v) is 6.79. The largest absolute Gasteiger partial charge is 0.459 e. The molecule has 0 aliphatic carbocycles. The number of hydrogen-bond acceptors (Lipinski definition) is 24. The normalized spacial score (nSPS) is 40.3. The molecule has 0 radical (unpaired) electrons. The lowest BCUT2D eigenvalue weighted by molar-refractivity contribution is -0.326. The Hall–Kier alpha value is -3.68. The minimum atomic E-state index is -1.84. The van der Waals surface area contributed by atoms with Crippen LogP contribution in [0.25, 0.3) is 0 Å². The molecule has 4 saturated heterocycles. The summed E-state index contributed by atoms with van der Waals surface area (Å²) in [5.74, 6) is -1.56. The van der Waals surface area contributed by atoms with Gasteiger partial charge in [-0.2, -0.15) is 0 Å². The van der Waals surface area contributed by atoms with Crippen LogP contribution in [0.15, 0.2) is 83.1 Å². The van der Waals surface area contributed by atoms with Gasteiger partial charge in [0.25, 0.3) is 0 Å². The van der Waals surface area contributed by atoms with E-state index in [9.17, 15) is 81.1 Å². The summed E-state index contributed by atoms with van der Waals surface area (Å²) >= 11 is 0. The van der Waals surface area contributed by atoms with E-state index >= 15 is 0 Å². The Balaban J connectivity index is 1.18. The van der Waals surface area contributed by atoms with Gasteiger partial charge in [-0.3, -0.25) is 0 Å². The minimum absolute atomic E-state index is 0.171. The highest BCUT2D eigenvalue weighted by Crippen LogP contribution is 2.27. The second kappa shape index (κ2) is 26.5. The van der Waals surface area contributed by atoms with Crippen molar-refractivity contribution in [1.29, 1.82) is 0 Å². The summed E-state index contributed by atoms with van der Waals surface area (Å²) in [6, 6.07) is 0. The van der Waals surface area contributed by atoms with Crippen molar-refractivity contribution in [3.8, 4) is 0 Å². The number of ether oxygens (including phenoxy) is 8. The van der Waals surface area contributed by atoms with Crippen LogP contribution in [0.4, 0.5) is 0 Å². The van der Waals surface area contributed by atoms with Crippen LogP contribution in [0.1, 0.15) is 27.7 Å². The van der Waals surface area contributed by atoms with Gasteiger partial charge < -0.3 is 109 Å². The number of carbonyl (C=O) groups is 2. The highest BCUT2D eigenvalue weighted by molar-refractivity contribution is 5.88. The SMILES string of the molecule is CC(/C=C/C=C(\C)C(=O)OC[C@H]1O[C@@H](OC[C@H]2OC(O)[C@H](O)[C@@H](O)[C@@H]2O)[C@H](O)[C@@H](O)[C@@H]1O)=C\C=C\C=C(C)\C=C\C=C(/C)C(=O)OC[C@H]1O[C@@H](OC[C@H]2OC(O)[C@H](O)[C@@H](O)[C@@H]2O)[C@H](O)[C@@H](O)[C@@H]1O. The van der Waals surface area contributed by atoms with Gasteiger partial charge in [-0.15, -0.1) is 0 Å². The zero-order chi connectivity index (χ0) is 50.6. The van der Waals surface area contributed by atoms with Crippen molar-refractivity contribution in [2.45, 2.75) is 151 Å². The lowest BCUT2D eigenvalue weighted by Gasteiger charge is -2.42. The lowest BCUT2D eigenvalue weighted by Crippen LogP contribution is -2.61. The maximum Gasteiger partial charge on any atom is 0.333 e. The first-order valence-corrected chi connectivity index (χ1v) is 21.5. The molecule has 0 amide bonds. The number of aliphatic hydroxyl groups is 14. The maximum absolute atomic E-state index is 12.6. The van der Waals surface area contributed by atoms with Gasteiger partial charge in [0.2, 0.25) is 0 Å². The molecule has 2 unspecified atom stereocenters. The minimum Gasteiger partial charge on any atom is -0.459 e. The molecule has 4 heterocycles. The van der Waals surface area contributed by atoms with Crippen LogP contribution in [-0.4, -0.2) is 233 Å². The van der Waals surface area contributed by atoms with Crippen molar-refractivity contribution >= 4 is 11.9 Å². The molecule has 20 atom stereocenters. The molecule has 4 fully saturated rings. The van der Waals surface area contributed by atoms with Crippen molar-refractivity contribution < 1.29 is 119 Å². The molecular formula is C44H64O24. The van der Waals surface area contributed by atoms with Crippen molar-refractivity contribution in [2.75, 3.05) is 26.4 Å². The van der Waals surface area contributed by atoms with Gasteiger partial charge in [-0.05, 0) is 27.7 Å². The number of esters is 2. The topological polar surface area (TPSA) is 391 Å². The Morgan fingerprint density at radius 2 is 0.691 bits per heavy atom. The number of allylic oxidation sites excluding steroid dienone is 12. The van der Waals surface area contributed by atoms with Crippen LogP contribution >= 0.6 is 0 Å². The maximum atomic E-state index is 12.6. The summed E-state index contributed by atoms with van der Waals surface area (Å²) < 4.78 is 42.3. The molecule has 384 valence electrons. The smallest absolute Gasteiger partial charge is 0.333 e. The van der Waals surface area contributed by atoms with Crippen molar-refractivity contribution in [3.05, 3.63) is 83.1 Å². The van der Waals surface area contributed by atoms with Crippen molar-refractivity contribution in [1.82, 2.24) is 0 Å². The molecule has 4 rings (SSSR count). The van der Waals surface area contributed by atoms with E-state index in [-0.39, 0.29) is 11.1 Å². The molecule has 0 bridgehead atoms. The van der Waals surface area contributed by atoms with Crippen molar-refractivity contribution in [3.63, 3.8) is 0 Å². The number of hydrogen-bond donors (Lipinski definition) is 14. The third-order valence-electron chi connectivity index (χ3n) is 11.2. The molecule has 24 nitrogen and oxygen atoms in total. The Kier molecular flexibility index (Phi) is 22.2. The zero-order valence-corrected chi connectivity index (χ0v) is 37.5.